The molecular weight excluding hydrogens is 474 g/mol. The molecule has 0 saturated carbocycles. The molecule has 2 aromatic heterocycles. The van der Waals surface area contributed by atoms with Crippen LogP contribution in [-0.4, -0.2) is 28.0 Å². The third-order valence-corrected chi connectivity index (χ3v) is 6.36. The molecule has 0 aliphatic carbocycles. The molecule has 0 saturated heterocycles. The largest absolute Gasteiger partial charge is 0.466 e. The molecule has 7 nitrogen and oxygen atoms in total. The number of hydrogen-bond acceptors (Lipinski definition) is 6. The average molecular weight is 504 g/mol. The van der Waals surface area contributed by atoms with Gasteiger partial charge in [0.05, 0.1) is 12.5 Å². The zero-order valence-electron chi connectivity index (χ0n) is 21.3. The van der Waals surface area contributed by atoms with Gasteiger partial charge in [0.15, 0.2) is 0 Å². The third kappa shape index (κ3) is 5.90. The second kappa shape index (κ2) is 11.4. The van der Waals surface area contributed by atoms with Crippen molar-refractivity contribution in [3.8, 4) is 11.3 Å². The molecule has 1 atom stereocenters. The van der Waals surface area contributed by atoms with Crippen LogP contribution in [-0.2, 0) is 16.1 Å². The first kappa shape index (κ1) is 24.8. The predicted molar refractivity (Wildman–Crippen MR) is 153 cm³/mol. The number of nitrogens with one attached hydrogen (secondary N) is 3. The Kier molecular flexibility index (Phi) is 7.45. The Bertz CT molecular complexity index is 1540. The second-order valence-corrected chi connectivity index (χ2v) is 8.97. The van der Waals surface area contributed by atoms with E-state index in [1.807, 2.05) is 42.5 Å². The van der Waals surface area contributed by atoms with Crippen LogP contribution in [0, 0.1) is 0 Å². The monoisotopic (exact) mass is 503 g/mol. The molecule has 0 amide bonds. The number of aromatic amines is 1. The number of esters is 1. The molecule has 2 heterocycles. The summed E-state index contributed by atoms with van der Waals surface area (Å²) in [6, 6.07) is 28.8. The molecule has 38 heavy (non-hydrogen) atoms. The minimum atomic E-state index is -0.366. The molecule has 0 radical (unpaired) electrons. The number of aromatic nitrogens is 3. The maximum Gasteiger partial charge on any atom is 0.330 e. The first-order valence-electron chi connectivity index (χ1n) is 12.4. The summed E-state index contributed by atoms with van der Waals surface area (Å²) in [5, 5.41) is 7.93. The molecule has 7 heteroatoms. The summed E-state index contributed by atoms with van der Waals surface area (Å²) in [4.78, 5) is 23.6. The fraction of sp³-hybridized carbons (Fsp3) is 0.129. The van der Waals surface area contributed by atoms with Gasteiger partial charge in [-0.1, -0.05) is 66.7 Å². The van der Waals surface area contributed by atoms with Gasteiger partial charge in [0.25, 0.3) is 0 Å². The van der Waals surface area contributed by atoms with Crippen molar-refractivity contribution in [2.24, 2.45) is 0 Å². The number of ether oxygens (including phenoxy) is 1. The number of rotatable bonds is 9. The Morgan fingerprint density at radius 1 is 1.00 bits per heavy atom. The zero-order valence-corrected chi connectivity index (χ0v) is 21.3. The summed E-state index contributed by atoms with van der Waals surface area (Å²) in [5.41, 5.74) is 7.16. The molecule has 5 aromatic rings. The topological polar surface area (TPSA) is 91.9 Å². The van der Waals surface area contributed by atoms with Gasteiger partial charge in [0.2, 0.25) is 0 Å². The summed E-state index contributed by atoms with van der Waals surface area (Å²) in [5.74, 6) is 0.438. The maximum atomic E-state index is 11.2. The fourth-order valence-electron chi connectivity index (χ4n) is 4.19. The van der Waals surface area contributed by atoms with Crippen LogP contribution in [0.2, 0.25) is 0 Å². The molecule has 0 fully saturated rings. The Balaban J connectivity index is 1.24. The second-order valence-electron chi connectivity index (χ2n) is 8.97. The highest BCUT2D eigenvalue weighted by atomic mass is 16.5. The molecule has 0 aliphatic rings. The number of H-pyrrole nitrogens is 1. The van der Waals surface area contributed by atoms with Crippen LogP contribution in [0.5, 0.6) is 0 Å². The molecule has 0 aliphatic heterocycles. The highest BCUT2D eigenvalue weighted by molar-refractivity contribution is 5.91. The Morgan fingerprint density at radius 3 is 2.50 bits per heavy atom. The van der Waals surface area contributed by atoms with Gasteiger partial charge in [-0.05, 0) is 53.5 Å². The Labute approximate surface area is 221 Å². The SMILES string of the molecule is COC(=O)C=Cc1ccc(CNc2ccc(-c3cc4c(N[C@H](C)c5ccccc5)ncnc4[nH]3)cc2)cc1. The number of nitrogens with zero attached hydrogens (tertiary/aromatic N) is 2. The lowest BCUT2D eigenvalue weighted by Crippen LogP contribution is -2.08. The number of carbonyl (C=O) groups is 1. The third-order valence-electron chi connectivity index (χ3n) is 6.36. The summed E-state index contributed by atoms with van der Waals surface area (Å²) in [6.07, 6.45) is 4.73. The highest BCUT2D eigenvalue weighted by Crippen LogP contribution is 2.29. The normalized spacial score (nSPS) is 11.9. The van der Waals surface area contributed by atoms with Crippen LogP contribution in [0.3, 0.4) is 0 Å². The fourth-order valence-corrected chi connectivity index (χ4v) is 4.19. The molecule has 3 N–H and O–H groups in total. The van der Waals surface area contributed by atoms with E-state index in [4.69, 9.17) is 0 Å². The van der Waals surface area contributed by atoms with E-state index < -0.39 is 0 Å². The van der Waals surface area contributed by atoms with Crippen molar-refractivity contribution >= 4 is 34.6 Å². The Hall–Kier alpha value is -4.91. The van der Waals surface area contributed by atoms with Gasteiger partial charge in [-0.15, -0.1) is 0 Å². The summed E-state index contributed by atoms with van der Waals surface area (Å²) >= 11 is 0. The number of anilines is 2. The van der Waals surface area contributed by atoms with Crippen LogP contribution in [0.25, 0.3) is 28.4 Å². The van der Waals surface area contributed by atoms with Crippen molar-refractivity contribution in [2.45, 2.75) is 19.5 Å². The van der Waals surface area contributed by atoms with E-state index in [1.165, 1.54) is 18.7 Å². The molecule has 0 spiro atoms. The lowest BCUT2D eigenvalue weighted by Gasteiger charge is -2.15. The van der Waals surface area contributed by atoms with Crippen molar-refractivity contribution in [2.75, 3.05) is 17.7 Å². The number of fused-ring (bicyclic) bond motifs is 1. The van der Waals surface area contributed by atoms with E-state index in [0.29, 0.717) is 6.54 Å². The lowest BCUT2D eigenvalue weighted by atomic mass is 10.1. The average Bonchev–Trinajstić information content (AvgIpc) is 3.41. The van der Waals surface area contributed by atoms with Gasteiger partial charge in [0, 0.05) is 30.0 Å². The van der Waals surface area contributed by atoms with E-state index in [9.17, 15) is 4.79 Å². The molecule has 5 rings (SSSR count). The molecule has 0 unspecified atom stereocenters. The first-order valence-corrected chi connectivity index (χ1v) is 12.4. The van der Waals surface area contributed by atoms with Gasteiger partial charge in [-0.2, -0.15) is 0 Å². The molecular formula is C31H29N5O2. The van der Waals surface area contributed by atoms with Crippen LogP contribution in [0.4, 0.5) is 11.5 Å². The number of carbonyl (C=O) groups excluding carboxylic acids is 1. The van der Waals surface area contributed by atoms with E-state index in [-0.39, 0.29) is 12.0 Å². The smallest absolute Gasteiger partial charge is 0.330 e. The van der Waals surface area contributed by atoms with Gasteiger partial charge in [-0.3, -0.25) is 0 Å². The van der Waals surface area contributed by atoms with Crippen molar-refractivity contribution < 1.29 is 9.53 Å². The highest BCUT2D eigenvalue weighted by Gasteiger charge is 2.12. The number of benzene rings is 3. The zero-order chi connectivity index (χ0) is 26.3. The van der Waals surface area contributed by atoms with Crippen molar-refractivity contribution in [3.63, 3.8) is 0 Å². The van der Waals surface area contributed by atoms with Crippen molar-refractivity contribution in [1.82, 2.24) is 15.0 Å². The minimum absolute atomic E-state index is 0.116. The minimum Gasteiger partial charge on any atom is -0.466 e. The van der Waals surface area contributed by atoms with Gasteiger partial charge >= 0.3 is 5.97 Å². The van der Waals surface area contributed by atoms with E-state index in [0.717, 1.165) is 44.9 Å². The van der Waals surface area contributed by atoms with Crippen molar-refractivity contribution in [1.29, 1.82) is 0 Å². The van der Waals surface area contributed by atoms with Gasteiger partial charge in [0.1, 0.15) is 17.8 Å². The number of hydrogen-bond donors (Lipinski definition) is 3. The molecule has 3 aromatic carbocycles. The standard InChI is InChI=1S/C31H29N5O2/c1-21(24-6-4-3-5-7-24)35-30-27-18-28(36-31(27)34-20-33-30)25-13-15-26(16-14-25)32-19-23-10-8-22(9-11-23)12-17-29(37)38-2/h3-18,20-21,32H,19H2,1-2H3,(H2,33,34,35,36)/t21-/m1/s1. The quantitative estimate of drug-likeness (QED) is 0.155. The van der Waals surface area contributed by atoms with Gasteiger partial charge in [-0.25, -0.2) is 14.8 Å². The lowest BCUT2D eigenvalue weighted by molar-refractivity contribution is -0.134. The van der Waals surface area contributed by atoms with Crippen LogP contribution in [0.15, 0.2) is 97.3 Å². The predicted octanol–water partition coefficient (Wildman–Crippen LogP) is 6.60. The summed E-state index contributed by atoms with van der Waals surface area (Å²) < 4.78 is 4.62. The van der Waals surface area contributed by atoms with Crippen molar-refractivity contribution in [3.05, 3.63) is 114 Å². The summed E-state index contributed by atoms with van der Waals surface area (Å²) in [7, 11) is 1.37. The summed E-state index contributed by atoms with van der Waals surface area (Å²) in [6.45, 7) is 2.82. The van der Waals surface area contributed by atoms with Crippen LogP contribution < -0.4 is 10.6 Å². The van der Waals surface area contributed by atoms with E-state index >= 15 is 0 Å². The molecule has 0 bridgehead atoms. The Morgan fingerprint density at radius 2 is 1.76 bits per heavy atom. The van der Waals surface area contributed by atoms with E-state index in [2.05, 4.69) is 79.7 Å². The van der Waals surface area contributed by atoms with Gasteiger partial charge < -0.3 is 20.4 Å². The van der Waals surface area contributed by atoms with E-state index in [1.54, 1.807) is 12.4 Å². The number of methoxy groups -OCH3 is 1. The first-order chi connectivity index (χ1) is 18.6. The van der Waals surface area contributed by atoms with Crippen LogP contribution >= 0.6 is 0 Å². The van der Waals surface area contributed by atoms with Crippen LogP contribution in [0.1, 0.15) is 29.7 Å². The molecule has 190 valence electrons. The maximum absolute atomic E-state index is 11.2.